The summed E-state index contributed by atoms with van der Waals surface area (Å²) in [6, 6.07) is 0. The highest BCUT2D eigenvalue weighted by Gasteiger charge is 2.11. The molecule has 0 aromatic carbocycles. The van der Waals surface area contributed by atoms with Gasteiger partial charge in [-0.25, -0.2) is 4.63 Å². The first-order valence-electron chi connectivity index (χ1n) is 3.65. The first kappa shape index (κ1) is 9.46. The highest BCUT2D eigenvalue weighted by Crippen LogP contribution is 2.06. The lowest BCUT2D eigenvalue weighted by atomic mass is 10.4. The summed E-state index contributed by atoms with van der Waals surface area (Å²) in [5, 5.41) is 17.0. The van der Waals surface area contributed by atoms with Crippen LogP contribution in [0.3, 0.4) is 0 Å². The maximum atomic E-state index is 7.12. The Bertz CT molecular complexity index is 284. The van der Waals surface area contributed by atoms with Gasteiger partial charge in [-0.05, 0) is 10.3 Å². The quantitative estimate of drug-likeness (QED) is 0.321. The molecular formula is C6H11N5O2. The van der Waals surface area contributed by atoms with Gasteiger partial charge in [-0.2, -0.15) is 0 Å². The number of aromatic nitrogens is 2. The van der Waals surface area contributed by atoms with Crippen LogP contribution in [0.2, 0.25) is 0 Å². The Kier molecular flexibility index (Phi) is 3.21. The van der Waals surface area contributed by atoms with Gasteiger partial charge in [0.05, 0.1) is 6.61 Å². The standard InChI is InChI=1S/C6H11N5O2/c1-12-3-2-9-6-4(5(7)8)10-13-11-6/h2-3H2,1H3,(H3,7,8)(H,9,11). The van der Waals surface area contributed by atoms with Crippen molar-refractivity contribution in [3.63, 3.8) is 0 Å². The minimum Gasteiger partial charge on any atom is -0.383 e. The summed E-state index contributed by atoms with van der Waals surface area (Å²) in [6.07, 6.45) is 0. The number of nitrogen functional groups attached to an aromatic ring is 1. The fourth-order valence-corrected chi connectivity index (χ4v) is 0.753. The lowest BCUT2D eigenvalue weighted by molar-refractivity contribution is 0.210. The van der Waals surface area contributed by atoms with Crippen LogP contribution < -0.4 is 11.1 Å². The lowest BCUT2D eigenvalue weighted by Crippen LogP contribution is -2.16. The molecule has 7 heteroatoms. The molecule has 0 aliphatic rings. The number of rotatable bonds is 5. The van der Waals surface area contributed by atoms with Crippen molar-refractivity contribution in [2.45, 2.75) is 0 Å². The van der Waals surface area contributed by atoms with Crippen LogP contribution in [0, 0.1) is 5.41 Å². The number of nitrogens with zero attached hydrogens (tertiary/aromatic N) is 2. The van der Waals surface area contributed by atoms with E-state index in [0.717, 1.165) is 0 Å². The fraction of sp³-hybridized carbons (Fsp3) is 0.500. The summed E-state index contributed by atoms with van der Waals surface area (Å²) < 4.78 is 9.23. The van der Waals surface area contributed by atoms with Gasteiger partial charge < -0.3 is 15.8 Å². The summed E-state index contributed by atoms with van der Waals surface area (Å²) in [6.45, 7) is 1.09. The molecule has 13 heavy (non-hydrogen) atoms. The van der Waals surface area contributed by atoms with Crippen LogP contribution in [-0.4, -0.2) is 36.4 Å². The molecule has 0 aliphatic carbocycles. The Labute approximate surface area is 74.7 Å². The molecule has 0 atom stereocenters. The molecule has 0 saturated heterocycles. The highest BCUT2D eigenvalue weighted by atomic mass is 16.6. The van der Waals surface area contributed by atoms with E-state index >= 15 is 0 Å². The van der Waals surface area contributed by atoms with E-state index in [1.165, 1.54) is 0 Å². The van der Waals surface area contributed by atoms with Gasteiger partial charge in [0.2, 0.25) is 5.82 Å². The molecule has 1 rings (SSSR count). The second kappa shape index (κ2) is 4.41. The smallest absolute Gasteiger partial charge is 0.202 e. The Balaban J connectivity index is 2.55. The number of nitrogens with two attached hydrogens (primary N) is 1. The monoisotopic (exact) mass is 185 g/mol. The number of hydrogen-bond acceptors (Lipinski definition) is 6. The van der Waals surface area contributed by atoms with Crippen molar-refractivity contribution in [1.82, 2.24) is 10.3 Å². The topological polar surface area (TPSA) is 110 Å². The maximum absolute atomic E-state index is 7.12. The third kappa shape index (κ3) is 2.41. The maximum Gasteiger partial charge on any atom is 0.202 e. The zero-order valence-electron chi connectivity index (χ0n) is 7.20. The molecule has 4 N–H and O–H groups in total. The van der Waals surface area contributed by atoms with Crippen molar-refractivity contribution in [2.75, 3.05) is 25.6 Å². The molecule has 0 aliphatic heterocycles. The SMILES string of the molecule is COCCNc1nonc1C(=N)N. The molecular weight excluding hydrogens is 174 g/mol. The summed E-state index contributed by atoms with van der Waals surface area (Å²) in [5.74, 6) is 0.186. The summed E-state index contributed by atoms with van der Waals surface area (Å²) >= 11 is 0. The van der Waals surface area contributed by atoms with Crippen molar-refractivity contribution in [3.05, 3.63) is 5.69 Å². The third-order valence-electron chi connectivity index (χ3n) is 1.34. The zero-order valence-corrected chi connectivity index (χ0v) is 7.20. The van der Waals surface area contributed by atoms with Crippen LogP contribution in [0.1, 0.15) is 5.69 Å². The van der Waals surface area contributed by atoms with Gasteiger partial charge in [-0.1, -0.05) is 0 Å². The summed E-state index contributed by atoms with van der Waals surface area (Å²) in [5.41, 5.74) is 5.43. The van der Waals surface area contributed by atoms with Crippen LogP contribution in [0.5, 0.6) is 0 Å². The summed E-state index contributed by atoms with van der Waals surface area (Å²) in [4.78, 5) is 0. The van der Waals surface area contributed by atoms with Crippen LogP contribution in [0.15, 0.2) is 4.63 Å². The lowest BCUT2D eigenvalue weighted by Gasteiger charge is -2.00. The normalized spacial score (nSPS) is 9.92. The van der Waals surface area contributed by atoms with Gasteiger partial charge in [0.25, 0.3) is 0 Å². The van der Waals surface area contributed by atoms with Crippen LogP contribution in [0.4, 0.5) is 5.82 Å². The Morgan fingerprint density at radius 3 is 3.08 bits per heavy atom. The second-order valence-corrected chi connectivity index (χ2v) is 2.29. The zero-order chi connectivity index (χ0) is 9.68. The van der Waals surface area contributed by atoms with Crippen molar-refractivity contribution in [3.8, 4) is 0 Å². The van der Waals surface area contributed by atoms with Gasteiger partial charge in [0.1, 0.15) is 5.84 Å². The Morgan fingerprint density at radius 2 is 2.46 bits per heavy atom. The first-order chi connectivity index (χ1) is 6.25. The van der Waals surface area contributed by atoms with E-state index in [0.29, 0.717) is 19.0 Å². The van der Waals surface area contributed by atoms with Crippen LogP contribution in [-0.2, 0) is 4.74 Å². The first-order valence-corrected chi connectivity index (χ1v) is 3.65. The number of ether oxygens (including phenoxy) is 1. The molecule has 0 amide bonds. The molecule has 0 radical (unpaired) electrons. The van der Waals surface area contributed by atoms with E-state index in [9.17, 15) is 0 Å². The van der Waals surface area contributed by atoms with E-state index in [1.54, 1.807) is 7.11 Å². The van der Waals surface area contributed by atoms with Gasteiger partial charge in [-0.3, -0.25) is 5.41 Å². The average Bonchev–Trinajstić information content (AvgIpc) is 2.53. The highest BCUT2D eigenvalue weighted by molar-refractivity contribution is 5.97. The minimum atomic E-state index is -0.179. The van der Waals surface area contributed by atoms with E-state index in [2.05, 4.69) is 20.3 Å². The van der Waals surface area contributed by atoms with E-state index in [4.69, 9.17) is 15.9 Å². The van der Waals surface area contributed by atoms with E-state index < -0.39 is 0 Å². The number of anilines is 1. The molecule has 1 heterocycles. The molecule has 0 spiro atoms. The van der Waals surface area contributed by atoms with Gasteiger partial charge in [0.15, 0.2) is 5.69 Å². The number of hydrogen-bond donors (Lipinski definition) is 3. The molecule has 1 aromatic heterocycles. The second-order valence-electron chi connectivity index (χ2n) is 2.29. The van der Waals surface area contributed by atoms with Crippen LogP contribution >= 0.6 is 0 Å². The molecule has 0 fully saturated rings. The Hall–Kier alpha value is -1.63. The van der Waals surface area contributed by atoms with E-state index in [-0.39, 0.29) is 11.5 Å². The minimum absolute atomic E-state index is 0.179. The molecule has 0 bridgehead atoms. The Morgan fingerprint density at radius 1 is 1.69 bits per heavy atom. The van der Waals surface area contributed by atoms with Crippen molar-refractivity contribution < 1.29 is 9.37 Å². The molecule has 0 unspecified atom stereocenters. The van der Waals surface area contributed by atoms with Crippen LogP contribution in [0.25, 0.3) is 0 Å². The molecule has 72 valence electrons. The predicted molar refractivity (Wildman–Crippen MR) is 45.7 cm³/mol. The van der Waals surface area contributed by atoms with Gasteiger partial charge >= 0.3 is 0 Å². The fourth-order valence-electron chi connectivity index (χ4n) is 0.753. The van der Waals surface area contributed by atoms with Gasteiger partial charge in [-0.15, -0.1) is 0 Å². The van der Waals surface area contributed by atoms with Crippen molar-refractivity contribution in [1.29, 1.82) is 5.41 Å². The summed E-state index contributed by atoms with van der Waals surface area (Å²) in [7, 11) is 1.59. The number of methoxy groups -OCH3 is 1. The number of amidine groups is 1. The molecule has 1 aromatic rings. The van der Waals surface area contributed by atoms with E-state index in [1.807, 2.05) is 0 Å². The third-order valence-corrected chi connectivity index (χ3v) is 1.34. The molecule has 7 nitrogen and oxygen atoms in total. The van der Waals surface area contributed by atoms with Crippen molar-refractivity contribution in [2.24, 2.45) is 5.73 Å². The van der Waals surface area contributed by atoms with Crippen molar-refractivity contribution >= 4 is 11.7 Å². The number of nitrogens with one attached hydrogen (secondary N) is 2. The van der Waals surface area contributed by atoms with Gasteiger partial charge in [0, 0.05) is 13.7 Å². The largest absolute Gasteiger partial charge is 0.383 e. The molecule has 0 saturated carbocycles. The predicted octanol–water partition coefficient (Wildman–Crippen LogP) is -0.588. The average molecular weight is 185 g/mol.